The zero-order chi connectivity index (χ0) is 40.8. The first kappa shape index (κ1) is 41.4. The number of hydrogen-bond acceptors (Lipinski definition) is 10. The van der Waals surface area contributed by atoms with Gasteiger partial charge in [0.1, 0.15) is 23.6 Å². The van der Waals surface area contributed by atoms with Gasteiger partial charge >= 0.3 is 5.97 Å². The van der Waals surface area contributed by atoms with E-state index in [4.69, 9.17) is 9.47 Å². The normalized spacial score (nSPS) is 50.3. The topological polar surface area (TPSA) is 166 Å². The number of fused-ring (bicyclic) bond motifs is 9. The van der Waals surface area contributed by atoms with Crippen LogP contribution in [-0.2, 0) is 19.1 Å². The second-order valence-corrected chi connectivity index (χ2v) is 21.0. The van der Waals surface area contributed by atoms with E-state index < -0.39 is 69.7 Å². The maximum Gasteiger partial charge on any atom is 0.331 e. The zero-order valence-electron chi connectivity index (χ0n) is 35.2. The number of aliphatic hydroxyl groups is 5. The Bertz CT molecular complexity index is 1690. The summed E-state index contributed by atoms with van der Waals surface area (Å²) in [5.41, 5.74) is -6.50. The molecule has 0 spiro atoms. The Balaban J connectivity index is 1.16. The van der Waals surface area contributed by atoms with Crippen LogP contribution >= 0.6 is 0 Å². The van der Waals surface area contributed by atoms with Crippen LogP contribution in [0.1, 0.15) is 117 Å². The van der Waals surface area contributed by atoms with Crippen LogP contribution in [0.3, 0.4) is 0 Å². The summed E-state index contributed by atoms with van der Waals surface area (Å²) in [6.45, 7) is 6.02. The summed E-state index contributed by atoms with van der Waals surface area (Å²) in [5, 5.41) is 70.9. The highest BCUT2D eigenvalue weighted by Gasteiger charge is 2.85. The van der Waals surface area contributed by atoms with Gasteiger partial charge in [-0.25, -0.2) is 4.79 Å². The van der Waals surface area contributed by atoms with E-state index in [1.807, 2.05) is 6.92 Å². The number of rotatable bonds is 12. The van der Waals surface area contributed by atoms with Crippen molar-refractivity contribution in [3.05, 3.63) is 35.5 Å². The number of hydrogen-bond donors (Lipinski definition) is 6. The zero-order valence-corrected chi connectivity index (χ0v) is 35.2. The molecule has 0 saturated heterocycles. The van der Waals surface area contributed by atoms with E-state index in [2.05, 4.69) is 30.5 Å². The van der Waals surface area contributed by atoms with Crippen molar-refractivity contribution in [2.75, 3.05) is 26.8 Å². The van der Waals surface area contributed by atoms with Gasteiger partial charge in [-0.1, -0.05) is 77.0 Å². The number of esters is 1. The van der Waals surface area contributed by atoms with Crippen LogP contribution < -0.4 is 5.32 Å². The van der Waals surface area contributed by atoms with Crippen molar-refractivity contribution in [1.29, 1.82) is 0 Å². The minimum Gasteiger partial charge on any atom is -0.450 e. The highest BCUT2D eigenvalue weighted by Crippen LogP contribution is 2.77. The number of nitrogens with one attached hydrogen (secondary N) is 1. The lowest BCUT2D eigenvalue weighted by Gasteiger charge is -2.73. The van der Waals surface area contributed by atoms with Crippen molar-refractivity contribution >= 4 is 12.3 Å². The maximum absolute atomic E-state index is 14.4. The maximum atomic E-state index is 14.4. The summed E-state index contributed by atoms with van der Waals surface area (Å²) < 4.78 is 11.2. The number of allylic oxidation sites excluding steroid dienone is 3. The van der Waals surface area contributed by atoms with Gasteiger partial charge in [-0.2, -0.15) is 0 Å². The predicted octanol–water partition coefficient (Wildman–Crippen LogP) is 5.20. The molecular weight excluding hydrogens is 735 g/mol. The molecule has 6 fully saturated rings. The first-order valence-electron chi connectivity index (χ1n) is 23.3. The molecule has 1 heterocycles. The summed E-state index contributed by atoms with van der Waals surface area (Å²) >= 11 is 0. The Hall–Kier alpha value is -1.92. The molecule has 0 radical (unpaired) electrons. The number of ether oxygens (including phenoxy) is 2. The molecule has 8 aliphatic carbocycles. The van der Waals surface area contributed by atoms with E-state index in [-0.39, 0.29) is 42.4 Å². The largest absolute Gasteiger partial charge is 0.450 e. The number of unbranched alkanes of at least 4 members (excludes halogenated alkanes) is 2. The number of aldehydes is 1. The molecule has 0 aromatic heterocycles. The quantitative estimate of drug-likeness (QED) is 0.0669. The van der Waals surface area contributed by atoms with Crippen molar-refractivity contribution in [3.8, 4) is 0 Å². The smallest absolute Gasteiger partial charge is 0.331 e. The molecule has 9 rings (SSSR count). The van der Waals surface area contributed by atoms with Crippen LogP contribution in [0.25, 0.3) is 0 Å². The van der Waals surface area contributed by atoms with Crippen LogP contribution in [0.2, 0.25) is 0 Å². The highest BCUT2D eigenvalue weighted by molar-refractivity contribution is 5.87. The number of carbonyl (C=O) groups excluding carboxylic acids is 2. The van der Waals surface area contributed by atoms with Crippen molar-refractivity contribution in [3.63, 3.8) is 0 Å². The summed E-state index contributed by atoms with van der Waals surface area (Å²) in [6, 6.07) is 0. The van der Waals surface area contributed by atoms with Gasteiger partial charge in [-0.3, -0.25) is 0 Å². The Kier molecular flexibility index (Phi) is 10.8. The highest BCUT2D eigenvalue weighted by atomic mass is 16.5. The molecule has 0 aromatic rings. The van der Waals surface area contributed by atoms with Crippen molar-refractivity contribution in [2.24, 2.45) is 70.0 Å². The molecule has 0 unspecified atom stereocenters. The van der Waals surface area contributed by atoms with E-state index in [0.29, 0.717) is 57.1 Å². The summed E-state index contributed by atoms with van der Waals surface area (Å²) in [5.74, 6) is -2.69. The van der Waals surface area contributed by atoms with E-state index >= 15 is 0 Å². The molecule has 58 heavy (non-hydrogen) atoms. The SMILES string of the molecule is CCCCC[C@@H]1C[C@]2(C=O)[C@H]3CC[C@]4(C)[C@H]5C6=CC(=O)O[C@@H]6C(CNCCCOC)=C[C@@H]5C[C@]4(O)[C@]3(O)[C@@H](O)[C@@H]3C[C@H]4[C@H](C=CC[C@@H]4C4CCCC4)C[C@H]([C@H]1O)[C@@]32O. The second-order valence-electron chi connectivity index (χ2n) is 21.0. The van der Waals surface area contributed by atoms with Crippen LogP contribution in [0, 0.1) is 70.0 Å². The fraction of sp³-hybridized carbons (Fsp3) is 0.833. The third-order valence-corrected chi connectivity index (χ3v) is 18.9. The van der Waals surface area contributed by atoms with Gasteiger partial charge in [0, 0.05) is 49.5 Å². The second kappa shape index (κ2) is 15.2. The first-order valence-corrected chi connectivity index (χ1v) is 23.3. The lowest BCUT2D eigenvalue weighted by molar-refractivity contribution is -0.377. The van der Waals surface area contributed by atoms with E-state index in [1.54, 1.807) is 13.2 Å². The van der Waals surface area contributed by atoms with Gasteiger partial charge in [0.15, 0.2) is 0 Å². The molecule has 6 N–H and O–H groups in total. The number of methoxy groups -OCH3 is 1. The Morgan fingerprint density at radius 1 is 0.983 bits per heavy atom. The average Bonchev–Trinajstić information content (AvgIpc) is 3.91. The first-order chi connectivity index (χ1) is 27.8. The Morgan fingerprint density at radius 3 is 2.52 bits per heavy atom. The lowest BCUT2D eigenvalue weighted by Crippen LogP contribution is -2.85. The monoisotopic (exact) mass is 806 g/mol. The predicted molar refractivity (Wildman–Crippen MR) is 218 cm³/mol. The Morgan fingerprint density at radius 2 is 1.78 bits per heavy atom. The Labute approximate surface area is 345 Å². The van der Waals surface area contributed by atoms with E-state index in [1.165, 1.54) is 12.8 Å². The molecule has 17 atom stereocenters. The van der Waals surface area contributed by atoms with Gasteiger partial charge in [0.2, 0.25) is 0 Å². The molecule has 6 saturated carbocycles. The number of aliphatic hydroxyl groups excluding tert-OH is 2. The summed E-state index contributed by atoms with van der Waals surface area (Å²) in [4.78, 5) is 27.5. The van der Waals surface area contributed by atoms with Gasteiger partial charge < -0.3 is 45.1 Å². The van der Waals surface area contributed by atoms with Crippen molar-refractivity contribution in [2.45, 2.75) is 152 Å². The molecular formula is C48H71NO9. The third-order valence-electron chi connectivity index (χ3n) is 18.9. The van der Waals surface area contributed by atoms with Crippen LogP contribution in [-0.4, -0.2) is 99.7 Å². The molecule has 0 amide bonds. The molecule has 10 nitrogen and oxygen atoms in total. The summed E-state index contributed by atoms with van der Waals surface area (Å²) in [7, 11) is 1.68. The van der Waals surface area contributed by atoms with Gasteiger partial charge in [-0.05, 0) is 117 Å². The van der Waals surface area contributed by atoms with Gasteiger partial charge in [0.25, 0.3) is 0 Å². The molecule has 9 aliphatic rings. The van der Waals surface area contributed by atoms with Gasteiger partial charge in [0.05, 0.1) is 23.2 Å². The molecule has 1 aliphatic heterocycles. The number of carbonyl (C=O) groups is 2. The molecule has 322 valence electrons. The minimum atomic E-state index is -2.14. The molecule has 10 heteroatoms. The van der Waals surface area contributed by atoms with E-state index in [9.17, 15) is 35.1 Å². The molecule has 0 aromatic carbocycles. The molecule has 0 bridgehead atoms. The van der Waals surface area contributed by atoms with Crippen molar-refractivity contribution < 1.29 is 44.6 Å². The van der Waals surface area contributed by atoms with Crippen molar-refractivity contribution in [1.82, 2.24) is 5.32 Å². The standard InChI is InChI=1S/C48H71NO9/c1-4-5-6-13-30-24-45(27-50)38-16-17-44(2)40-31(20-32(26-49-18-10-19-57-3)42-35(40)23-39(51)58-42)25-46(44,54)48(38,56)43(53)37-22-34-29(21-36(41(30)52)47(37,45)55)14-9-15-33(34)28-11-7-8-12-28/h9,14,20,23,27-31,33-34,36-38,40-43,49,52-56H,4-8,10-13,15-19,21-22,24-26H2,1-3H3/t29-,30-,31-,33-,34+,36-,37+,38-,40-,41+,42-,43+,44-,45+,46-,47-,48-/m1/s1. The fourth-order valence-corrected chi connectivity index (χ4v) is 16.5. The van der Waals surface area contributed by atoms with Crippen LogP contribution in [0.15, 0.2) is 35.5 Å². The van der Waals surface area contributed by atoms with Gasteiger partial charge in [-0.15, -0.1) is 0 Å². The minimum absolute atomic E-state index is 0.0781. The van der Waals surface area contributed by atoms with E-state index in [0.717, 1.165) is 68.9 Å². The average molecular weight is 806 g/mol. The fourth-order valence-electron chi connectivity index (χ4n) is 16.5. The van der Waals surface area contributed by atoms with Crippen LogP contribution in [0.4, 0.5) is 0 Å². The lowest BCUT2D eigenvalue weighted by atomic mass is 9.34. The summed E-state index contributed by atoms with van der Waals surface area (Å²) in [6.07, 6.45) is 18.5. The van der Waals surface area contributed by atoms with Crippen LogP contribution in [0.5, 0.6) is 0 Å². The third kappa shape index (κ3) is 5.59.